The molecule has 0 saturated heterocycles. The maximum absolute atomic E-state index is 12.0. The number of carbonyl (C=O) groups is 1. The van der Waals surface area contributed by atoms with Crippen LogP contribution in [0.4, 0.5) is 0 Å². The molecule has 138 valence electrons. The second-order valence-electron chi connectivity index (χ2n) is 8.34. The molecule has 0 aromatic heterocycles. The number of aliphatic hydroxyl groups is 1. The molecule has 0 aliphatic heterocycles. The summed E-state index contributed by atoms with van der Waals surface area (Å²) < 4.78 is 0. The average molecular weight is 335 g/mol. The van der Waals surface area contributed by atoms with E-state index in [1.165, 1.54) is 19.3 Å². The zero-order chi connectivity index (χ0) is 18.4. The summed E-state index contributed by atoms with van der Waals surface area (Å²) >= 11 is 0. The molecule has 0 radical (unpaired) electrons. The molecule has 0 saturated carbocycles. The van der Waals surface area contributed by atoms with Crippen LogP contribution in [-0.4, -0.2) is 17.5 Å². The number of Topliss-reactive ketones (excluding diaryl/α,β-unsaturated/α-hetero) is 1. The third-order valence-electron chi connectivity index (χ3n) is 6.23. The number of aliphatic hydroxyl groups excluding tert-OH is 1. The largest absolute Gasteiger partial charge is 0.396 e. The smallest absolute Gasteiger partial charge is 0.136 e. The van der Waals surface area contributed by atoms with E-state index in [0.29, 0.717) is 17.1 Å². The Labute approximate surface area is 149 Å². The van der Waals surface area contributed by atoms with Crippen molar-refractivity contribution in [3.05, 3.63) is 23.3 Å². The summed E-state index contributed by atoms with van der Waals surface area (Å²) in [6.07, 6.45) is 12.0. The van der Waals surface area contributed by atoms with Crippen LogP contribution in [0.15, 0.2) is 23.3 Å². The fraction of sp³-hybridized carbons (Fsp3) is 0.773. The predicted molar refractivity (Wildman–Crippen MR) is 103 cm³/mol. The van der Waals surface area contributed by atoms with Crippen molar-refractivity contribution >= 4 is 5.78 Å². The van der Waals surface area contributed by atoms with Gasteiger partial charge in [0.2, 0.25) is 0 Å². The summed E-state index contributed by atoms with van der Waals surface area (Å²) in [7, 11) is 0. The van der Waals surface area contributed by atoms with Crippen LogP contribution in [0.1, 0.15) is 86.5 Å². The van der Waals surface area contributed by atoms with Gasteiger partial charge in [-0.25, -0.2) is 0 Å². The molecule has 0 amide bonds. The second kappa shape index (κ2) is 8.99. The molecule has 2 aliphatic rings. The van der Waals surface area contributed by atoms with Gasteiger partial charge < -0.3 is 5.11 Å². The lowest BCUT2D eigenvalue weighted by molar-refractivity contribution is -0.128. The van der Waals surface area contributed by atoms with Crippen molar-refractivity contribution in [2.24, 2.45) is 16.7 Å². The van der Waals surface area contributed by atoms with Gasteiger partial charge in [0.25, 0.3) is 0 Å². The number of hydrogen-bond donors (Lipinski definition) is 1. The summed E-state index contributed by atoms with van der Waals surface area (Å²) in [5.41, 5.74) is 3.48. The summed E-state index contributed by atoms with van der Waals surface area (Å²) in [6, 6.07) is 0. The second-order valence-corrected chi connectivity index (χ2v) is 8.34. The fourth-order valence-electron chi connectivity index (χ4n) is 4.43. The molecule has 0 aromatic rings. The van der Waals surface area contributed by atoms with Crippen LogP contribution in [0.2, 0.25) is 0 Å². The van der Waals surface area contributed by atoms with E-state index in [2.05, 4.69) is 40.7 Å². The highest BCUT2D eigenvalue weighted by Gasteiger charge is 2.46. The molecule has 0 heterocycles. The van der Waals surface area contributed by atoms with Crippen molar-refractivity contribution in [3.63, 3.8) is 0 Å². The van der Waals surface area contributed by atoms with Crippen LogP contribution >= 0.6 is 0 Å². The zero-order valence-electron chi connectivity index (χ0n) is 16.7. The van der Waals surface area contributed by atoms with Crippen molar-refractivity contribution in [3.8, 4) is 0 Å². The van der Waals surface area contributed by atoms with Gasteiger partial charge in [-0.1, -0.05) is 57.9 Å². The van der Waals surface area contributed by atoms with Gasteiger partial charge >= 0.3 is 0 Å². The van der Waals surface area contributed by atoms with Gasteiger partial charge in [0.1, 0.15) is 5.78 Å². The zero-order valence-corrected chi connectivity index (χ0v) is 16.7. The number of allylic oxidation sites excluding steroid dienone is 3. The van der Waals surface area contributed by atoms with E-state index in [1.54, 1.807) is 18.1 Å². The molecule has 0 fully saturated rings. The molecule has 2 aliphatic carbocycles. The summed E-state index contributed by atoms with van der Waals surface area (Å²) in [5, 5.41) is 8.24. The molecule has 24 heavy (non-hydrogen) atoms. The highest BCUT2D eigenvalue weighted by molar-refractivity contribution is 5.83. The van der Waals surface area contributed by atoms with E-state index in [0.717, 1.165) is 25.7 Å². The minimum absolute atomic E-state index is 0.118. The maximum Gasteiger partial charge on any atom is 0.136 e. The number of ketones is 1. The number of hydrogen-bond acceptors (Lipinski definition) is 2. The highest BCUT2D eigenvalue weighted by atomic mass is 16.2. The monoisotopic (exact) mass is 334 g/mol. The van der Waals surface area contributed by atoms with Gasteiger partial charge in [-0.05, 0) is 63.2 Å². The number of rotatable bonds is 4. The topological polar surface area (TPSA) is 37.3 Å². The van der Waals surface area contributed by atoms with Gasteiger partial charge in [0, 0.05) is 12.0 Å². The lowest BCUT2D eigenvalue weighted by Crippen LogP contribution is -2.42. The molecule has 2 rings (SSSR count). The van der Waals surface area contributed by atoms with E-state index in [9.17, 15) is 4.79 Å². The molecule has 0 spiro atoms. The first kappa shape index (κ1) is 21.2. The molecule has 2 heteroatoms. The molecule has 0 unspecified atom stereocenters. The molecular formula is C22H38O2. The van der Waals surface area contributed by atoms with Crippen LogP contribution < -0.4 is 0 Å². The van der Waals surface area contributed by atoms with Gasteiger partial charge in [-0.3, -0.25) is 4.79 Å². The van der Waals surface area contributed by atoms with E-state index in [-0.39, 0.29) is 12.0 Å². The fourth-order valence-corrected chi connectivity index (χ4v) is 4.43. The van der Waals surface area contributed by atoms with Crippen molar-refractivity contribution in [1.29, 1.82) is 0 Å². The van der Waals surface area contributed by atoms with E-state index >= 15 is 0 Å². The Morgan fingerprint density at radius 2 is 1.88 bits per heavy atom. The van der Waals surface area contributed by atoms with E-state index in [1.807, 2.05) is 6.08 Å². The quantitative estimate of drug-likeness (QED) is 0.654. The highest BCUT2D eigenvalue weighted by Crippen LogP contribution is 2.54. The Morgan fingerprint density at radius 3 is 2.42 bits per heavy atom. The van der Waals surface area contributed by atoms with Crippen LogP contribution in [-0.2, 0) is 4.79 Å². The maximum atomic E-state index is 12.0. The van der Waals surface area contributed by atoms with Gasteiger partial charge in [0.15, 0.2) is 0 Å². The SMILES string of the molecule is CC(=O)[C@@]1(C)CCC2=C([C@H]1C)C(C)(C)CCC2.CC/C=C\CCO. The first-order valence-corrected chi connectivity index (χ1v) is 9.70. The Kier molecular flexibility index (Phi) is 7.92. The number of carbonyl (C=O) groups excluding carboxylic acids is 1. The summed E-state index contributed by atoms with van der Waals surface area (Å²) in [6.45, 7) is 13.3. The average Bonchev–Trinajstić information content (AvgIpc) is 2.51. The van der Waals surface area contributed by atoms with Crippen molar-refractivity contribution in [2.45, 2.75) is 86.5 Å². The van der Waals surface area contributed by atoms with Crippen LogP contribution in [0.5, 0.6) is 0 Å². The Hall–Kier alpha value is -0.890. The van der Waals surface area contributed by atoms with Crippen LogP contribution in [0, 0.1) is 16.7 Å². The van der Waals surface area contributed by atoms with Crippen LogP contribution in [0.3, 0.4) is 0 Å². The van der Waals surface area contributed by atoms with Gasteiger partial charge in [-0.2, -0.15) is 0 Å². The molecule has 0 aromatic carbocycles. The van der Waals surface area contributed by atoms with Gasteiger partial charge in [-0.15, -0.1) is 0 Å². The minimum Gasteiger partial charge on any atom is -0.396 e. The molecule has 2 atom stereocenters. The lowest BCUT2D eigenvalue weighted by Gasteiger charge is -2.48. The third-order valence-corrected chi connectivity index (χ3v) is 6.23. The summed E-state index contributed by atoms with van der Waals surface area (Å²) in [4.78, 5) is 12.0. The van der Waals surface area contributed by atoms with Crippen molar-refractivity contribution in [1.82, 2.24) is 0 Å². The molecular weight excluding hydrogens is 296 g/mol. The first-order chi connectivity index (χ1) is 11.2. The van der Waals surface area contributed by atoms with Crippen LogP contribution in [0.25, 0.3) is 0 Å². The Balaban J connectivity index is 0.000000351. The molecule has 2 nitrogen and oxygen atoms in total. The first-order valence-electron chi connectivity index (χ1n) is 9.70. The summed E-state index contributed by atoms with van der Waals surface area (Å²) in [5.74, 6) is 0.803. The molecule has 1 N–H and O–H groups in total. The minimum atomic E-state index is -0.118. The normalized spacial score (nSPS) is 29.0. The Morgan fingerprint density at radius 1 is 1.21 bits per heavy atom. The van der Waals surface area contributed by atoms with E-state index < -0.39 is 0 Å². The Bertz CT molecular complexity index is 484. The van der Waals surface area contributed by atoms with Crippen molar-refractivity contribution in [2.75, 3.05) is 6.61 Å². The standard InChI is InChI=1S/C16H26O.C6H12O/c1-11-14-13(7-6-9-15(14,3)4)8-10-16(11,5)12(2)17;1-2-3-4-5-6-7/h11H,6-10H2,1-5H3;3-4,7H,2,5-6H2,1H3/b;4-3-/t11-,16+;/m1./s1. The van der Waals surface area contributed by atoms with Crippen molar-refractivity contribution < 1.29 is 9.90 Å². The predicted octanol–water partition coefficient (Wildman–Crippen LogP) is 5.85. The molecule has 0 bridgehead atoms. The lowest BCUT2D eigenvalue weighted by atomic mass is 9.55. The van der Waals surface area contributed by atoms with Gasteiger partial charge in [0.05, 0.1) is 0 Å². The third kappa shape index (κ3) is 4.81. The van der Waals surface area contributed by atoms with E-state index in [4.69, 9.17) is 5.11 Å².